The first kappa shape index (κ1) is 33.5. The predicted molar refractivity (Wildman–Crippen MR) is 171 cm³/mol. The molecule has 3 amide bonds. The number of amides is 3. The highest BCUT2D eigenvalue weighted by Crippen LogP contribution is 2.37. The van der Waals surface area contributed by atoms with Crippen LogP contribution in [0.25, 0.3) is 22.4 Å². The molecule has 0 aliphatic heterocycles. The molecule has 0 saturated heterocycles. The number of carbonyl (C=O) groups excluding carboxylic acids is 3. The largest absolute Gasteiger partial charge is 0.467 e. The fourth-order valence-corrected chi connectivity index (χ4v) is 4.39. The van der Waals surface area contributed by atoms with Gasteiger partial charge in [0.15, 0.2) is 18.4 Å². The van der Waals surface area contributed by atoms with E-state index in [-0.39, 0.29) is 37.0 Å². The highest BCUT2D eigenvalue weighted by atomic mass is 35.5. The van der Waals surface area contributed by atoms with Crippen LogP contribution in [-0.2, 0) is 9.47 Å². The zero-order valence-electron chi connectivity index (χ0n) is 25.6. The van der Waals surface area contributed by atoms with Gasteiger partial charge in [0.1, 0.15) is 23.0 Å². The van der Waals surface area contributed by atoms with Crippen LogP contribution in [0.3, 0.4) is 0 Å². The number of rotatable bonds is 11. The lowest BCUT2D eigenvalue weighted by Gasteiger charge is -2.19. The van der Waals surface area contributed by atoms with Crippen LogP contribution >= 0.6 is 11.6 Å². The maximum absolute atomic E-state index is 13.0. The Hall–Kier alpha value is -5.38. The number of aromatic nitrogens is 1. The summed E-state index contributed by atoms with van der Waals surface area (Å²) in [5.74, 6) is -0.675. The van der Waals surface area contributed by atoms with Crippen molar-refractivity contribution >= 4 is 35.3 Å². The molecule has 2 heterocycles. The summed E-state index contributed by atoms with van der Waals surface area (Å²) >= 11 is 6.23. The maximum atomic E-state index is 13.0. The van der Waals surface area contributed by atoms with Crippen molar-refractivity contribution in [2.24, 2.45) is 0 Å². The third-order valence-electron chi connectivity index (χ3n) is 6.17. The highest BCUT2D eigenvalue weighted by Gasteiger charge is 2.21. The minimum Gasteiger partial charge on any atom is -0.467 e. The Kier molecular flexibility index (Phi) is 11.0. The number of benzene rings is 2. The van der Waals surface area contributed by atoms with E-state index >= 15 is 0 Å². The van der Waals surface area contributed by atoms with Gasteiger partial charge in [0, 0.05) is 41.9 Å². The molecule has 0 aliphatic rings. The van der Waals surface area contributed by atoms with Gasteiger partial charge in [-0.2, -0.15) is 5.26 Å². The molecule has 3 N–H and O–H groups in total. The molecule has 0 fully saturated rings. The number of hydrogen-bond donors (Lipinski definition) is 3. The summed E-state index contributed by atoms with van der Waals surface area (Å²) in [6, 6.07) is 18.4. The minimum absolute atomic E-state index is 0.0214. The Morgan fingerprint density at radius 3 is 2.46 bits per heavy atom. The second-order valence-corrected chi connectivity index (χ2v) is 11.2. The van der Waals surface area contributed by atoms with Gasteiger partial charge in [0.05, 0.1) is 12.0 Å². The quantitative estimate of drug-likeness (QED) is 0.131. The third-order valence-corrected chi connectivity index (χ3v) is 6.41. The lowest BCUT2D eigenvalue weighted by Crippen LogP contribution is -2.37. The van der Waals surface area contributed by atoms with Crippen LogP contribution in [0.15, 0.2) is 71.3 Å². The van der Waals surface area contributed by atoms with Gasteiger partial charge in [-0.15, -0.1) is 0 Å². The molecule has 46 heavy (non-hydrogen) atoms. The molecule has 0 bridgehead atoms. The highest BCUT2D eigenvalue weighted by molar-refractivity contribution is 6.30. The number of alkyl carbamates (subject to hydrolysis) is 1. The molecule has 0 radical (unpaired) electrons. The van der Waals surface area contributed by atoms with Gasteiger partial charge in [0.25, 0.3) is 11.8 Å². The SMILES string of the molecule is COCOc1cc(Cl)ccc1-c1cc(-c2cccc(C(=O)NCCNC(=O)OC(C)(C)C)c2)c(C#N)c(NC(=O)c2ccco2)n1. The Morgan fingerprint density at radius 2 is 1.76 bits per heavy atom. The number of nitriles is 1. The molecule has 0 aliphatic carbocycles. The maximum Gasteiger partial charge on any atom is 0.407 e. The molecule has 2 aromatic carbocycles. The van der Waals surface area contributed by atoms with Crippen LogP contribution in [0.5, 0.6) is 5.75 Å². The van der Waals surface area contributed by atoms with E-state index in [4.69, 9.17) is 30.2 Å². The molecule has 0 unspecified atom stereocenters. The van der Waals surface area contributed by atoms with Crippen molar-refractivity contribution < 1.29 is 33.0 Å². The number of furan rings is 1. The van der Waals surface area contributed by atoms with Crippen LogP contribution in [0.1, 0.15) is 47.2 Å². The smallest absolute Gasteiger partial charge is 0.407 e. The fourth-order valence-electron chi connectivity index (χ4n) is 4.23. The number of halogens is 1. The third kappa shape index (κ3) is 8.84. The Labute approximate surface area is 270 Å². The fraction of sp³-hybridized carbons (Fsp3) is 0.242. The first-order chi connectivity index (χ1) is 22.0. The van der Waals surface area contributed by atoms with Crippen LogP contribution in [0, 0.1) is 11.3 Å². The number of hydrogen-bond acceptors (Lipinski definition) is 9. The number of methoxy groups -OCH3 is 1. The molecule has 13 heteroatoms. The molecule has 0 atom stereocenters. The normalized spacial score (nSPS) is 10.9. The Morgan fingerprint density at radius 1 is 0.978 bits per heavy atom. The Bertz CT molecular complexity index is 1760. The van der Waals surface area contributed by atoms with Crippen LogP contribution in [0.4, 0.5) is 10.6 Å². The van der Waals surface area contributed by atoms with Crippen molar-refractivity contribution in [2.75, 3.05) is 32.3 Å². The van der Waals surface area contributed by atoms with E-state index in [1.54, 1.807) is 75.4 Å². The molecule has 0 spiro atoms. The van der Waals surface area contributed by atoms with Gasteiger partial charge in [-0.3, -0.25) is 9.59 Å². The van der Waals surface area contributed by atoms with Gasteiger partial charge in [-0.25, -0.2) is 9.78 Å². The first-order valence-corrected chi connectivity index (χ1v) is 14.4. The van der Waals surface area contributed by atoms with Crippen LogP contribution < -0.4 is 20.7 Å². The molecule has 12 nitrogen and oxygen atoms in total. The second kappa shape index (κ2) is 15.1. The second-order valence-electron chi connectivity index (χ2n) is 10.8. The van der Waals surface area contributed by atoms with Crippen molar-refractivity contribution in [1.29, 1.82) is 5.26 Å². The standard InChI is InChI=1S/C33H32ClN5O7/c1-33(2,3)46-32(42)37-13-12-36-30(40)21-8-5-7-20(15-21)24-17-26(23-11-10-22(34)16-28(23)45-19-43-4)38-29(25(24)18-35)39-31(41)27-9-6-14-44-27/h5-11,14-17H,12-13,19H2,1-4H3,(H,36,40)(H,37,42)(H,38,39,41). The number of anilines is 1. The van der Waals surface area contributed by atoms with Gasteiger partial charge < -0.3 is 34.6 Å². The van der Waals surface area contributed by atoms with Crippen molar-refractivity contribution in [3.8, 4) is 34.2 Å². The van der Waals surface area contributed by atoms with Crippen molar-refractivity contribution in [2.45, 2.75) is 26.4 Å². The van der Waals surface area contributed by atoms with Crippen LogP contribution in [-0.4, -0.2) is 55.5 Å². The average molecular weight is 646 g/mol. The van der Waals surface area contributed by atoms with Gasteiger partial charge in [-0.1, -0.05) is 23.7 Å². The topological polar surface area (TPSA) is 165 Å². The summed E-state index contributed by atoms with van der Waals surface area (Å²) in [5, 5.41) is 18.7. The summed E-state index contributed by atoms with van der Waals surface area (Å²) < 4.78 is 21.2. The van der Waals surface area contributed by atoms with E-state index in [2.05, 4.69) is 27.0 Å². The number of carbonyl (C=O) groups is 3. The summed E-state index contributed by atoms with van der Waals surface area (Å²) in [7, 11) is 1.48. The first-order valence-electron chi connectivity index (χ1n) is 14.1. The predicted octanol–water partition coefficient (Wildman–Crippen LogP) is 6.02. The van der Waals surface area contributed by atoms with Crippen molar-refractivity contribution in [3.63, 3.8) is 0 Å². The summed E-state index contributed by atoms with van der Waals surface area (Å²) in [6.45, 7) is 5.50. The monoisotopic (exact) mass is 645 g/mol. The average Bonchev–Trinajstić information content (AvgIpc) is 3.56. The summed E-state index contributed by atoms with van der Waals surface area (Å²) in [5.41, 5.74) is 1.44. The van der Waals surface area contributed by atoms with E-state index in [0.29, 0.717) is 38.7 Å². The number of ether oxygens (including phenoxy) is 3. The molecule has 4 rings (SSSR count). The van der Waals surface area contributed by atoms with E-state index in [1.165, 1.54) is 19.4 Å². The number of pyridine rings is 1. The van der Waals surface area contributed by atoms with Gasteiger partial charge in [0.2, 0.25) is 0 Å². The number of nitrogens with one attached hydrogen (secondary N) is 3. The molecule has 238 valence electrons. The molecular formula is C33H32ClN5O7. The van der Waals surface area contributed by atoms with Crippen molar-refractivity contribution in [1.82, 2.24) is 15.6 Å². The summed E-state index contributed by atoms with van der Waals surface area (Å²) in [6.07, 6.45) is 0.764. The van der Waals surface area contributed by atoms with E-state index < -0.39 is 23.5 Å². The molecule has 2 aromatic heterocycles. The minimum atomic E-state index is -0.642. The zero-order chi connectivity index (χ0) is 33.3. The zero-order valence-corrected chi connectivity index (χ0v) is 26.4. The van der Waals surface area contributed by atoms with E-state index in [1.807, 2.05) is 0 Å². The lowest BCUT2D eigenvalue weighted by molar-refractivity contribution is 0.0514. The molecule has 0 saturated carbocycles. The van der Waals surface area contributed by atoms with Crippen molar-refractivity contribution in [3.05, 3.63) is 88.8 Å². The van der Waals surface area contributed by atoms with Crippen LogP contribution in [0.2, 0.25) is 5.02 Å². The van der Waals surface area contributed by atoms with Gasteiger partial charge in [-0.05, 0) is 74.9 Å². The van der Waals surface area contributed by atoms with E-state index in [9.17, 15) is 19.6 Å². The lowest BCUT2D eigenvalue weighted by atomic mass is 9.96. The number of nitrogens with zero attached hydrogens (tertiary/aromatic N) is 2. The Balaban J connectivity index is 1.69. The summed E-state index contributed by atoms with van der Waals surface area (Å²) in [4.78, 5) is 42.5. The molecule has 4 aromatic rings. The van der Waals surface area contributed by atoms with Gasteiger partial charge >= 0.3 is 6.09 Å². The van der Waals surface area contributed by atoms with E-state index in [0.717, 1.165) is 0 Å². The molecular weight excluding hydrogens is 614 g/mol.